The van der Waals surface area contributed by atoms with Gasteiger partial charge in [-0.3, -0.25) is 0 Å². The van der Waals surface area contributed by atoms with Gasteiger partial charge in [0.2, 0.25) is 0 Å². The molecule has 0 atom stereocenters. The van der Waals surface area contributed by atoms with Crippen LogP contribution in [0.3, 0.4) is 0 Å². The van der Waals surface area contributed by atoms with E-state index in [0.717, 1.165) is 12.8 Å². The molecule has 0 aliphatic heterocycles. The minimum absolute atomic E-state index is 0.0193. The van der Waals surface area contributed by atoms with E-state index in [4.69, 9.17) is 0 Å². The first-order valence-electron chi connectivity index (χ1n) is 23.0. The fourth-order valence-corrected chi connectivity index (χ4v) is 9.52. The van der Waals surface area contributed by atoms with Gasteiger partial charge in [-0.05, 0) is 135 Å². The van der Waals surface area contributed by atoms with Gasteiger partial charge in [0, 0.05) is 23.8 Å². The molecule has 0 radical (unpaired) electrons. The molecule has 0 saturated carbocycles. The standard InChI is InChI=1S/C61H59N/c1-5-7-41-61(42-8-6-2,57-33-25-50(26-34-57)47-15-13-46(14-16-47)45-11-9-44(3)10-12-45)58-35-27-51(28-36-58)48-17-19-49(20-18-48)52-29-37-59(38-30-52)62(4)60-39-31-54(32-40-60)56-24-22-53-21-23-55(53)43-56/h9-20,22,24-40,43H,5-8,21,23,41-42H2,1-4H3. The van der Waals surface area contributed by atoms with Crippen LogP contribution in [0.1, 0.15) is 80.2 Å². The second-order valence-corrected chi connectivity index (χ2v) is 17.6. The summed E-state index contributed by atoms with van der Waals surface area (Å²) in [4.78, 5) is 2.26. The van der Waals surface area contributed by atoms with Gasteiger partial charge in [0.1, 0.15) is 0 Å². The van der Waals surface area contributed by atoms with Gasteiger partial charge in [0.05, 0.1) is 0 Å². The number of benzene rings is 8. The molecule has 8 aromatic rings. The highest BCUT2D eigenvalue weighted by molar-refractivity contribution is 5.75. The van der Waals surface area contributed by atoms with Crippen LogP contribution in [0.4, 0.5) is 11.4 Å². The van der Waals surface area contributed by atoms with Crippen LogP contribution in [0.2, 0.25) is 0 Å². The second kappa shape index (κ2) is 18.3. The smallest absolute Gasteiger partial charge is 0.0408 e. The van der Waals surface area contributed by atoms with Gasteiger partial charge < -0.3 is 4.90 Å². The average Bonchev–Trinajstić information content (AvgIpc) is 3.33. The summed E-state index contributed by atoms with van der Waals surface area (Å²) in [5.41, 5.74) is 22.1. The Morgan fingerprint density at radius 2 is 0.677 bits per heavy atom. The third-order valence-corrected chi connectivity index (χ3v) is 13.7. The number of anilines is 2. The van der Waals surface area contributed by atoms with E-state index >= 15 is 0 Å². The summed E-state index contributed by atoms with van der Waals surface area (Å²) in [6, 6.07) is 70.8. The van der Waals surface area contributed by atoms with Crippen molar-refractivity contribution in [1.82, 2.24) is 0 Å². The van der Waals surface area contributed by atoms with Gasteiger partial charge in [0.25, 0.3) is 0 Å². The number of hydrogen-bond acceptors (Lipinski definition) is 1. The number of unbranched alkanes of at least 4 members (excludes halogenated alkanes) is 2. The fraction of sp³-hybridized carbons (Fsp3) is 0.213. The van der Waals surface area contributed by atoms with Crippen molar-refractivity contribution in [3.63, 3.8) is 0 Å². The molecule has 0 bridgehead atoms. The lowest BCUT2D eigenvalue weighted by molar-refractivity contribution is 0.406. The van der Waals surface area contributed by atoms with Crippen molar-refractivity contribution in [3.8, 4) is 55.6 Å². The molecule has 0 heterocycles. The fourth-order valence-electron chi connectivity index (χ4n) is 9.52. The molecule has 0 unspecified atom stereocenters. The first-order chi connectivity index (χ1) is 30.4. The van der Waals surface area contributed by atoms with Gasteiger partial charge in [-0.15, -0.1) is 0 Å². The predicted octanol–water partition coefficient (Wildman–Crippen LogP) is 16.9. The normalized spacial score (nSPS) is 12.1. The molecule has 0 N–H and O–H groups in total. The van der Waals surface area contributed by atoms with Crippen LogP contribution in [0.25, 0.3) is 55.6 Å². The molecule has 1 aliphatic carbocycles. The Morgan fingerprint density at radius 1 is 0.371 bits per heavy atom. The monoisotopic (exact) mass is 805 g/mol. The number of fused-ring (bicyclic) bond motifs is 1. The minimum Gasteiger partial charge on any atom is -0.345 e. The zero-order valence-electron chi connectivity index (χ0n) is 37.0. The lowest BCUT2D eigenvalue weighted by Gasteiger charge is -2.36. The van der Waals surface area contributed by atoms with Crippen LogP contribution in [-0.2, 0) is 18.3 Å². The van der Waals surface area contributed by atoms with Crippen LogP contribution in [-0.4, -0.2) is 7.05 Å². The van der Waals surface area contributed by atoms with E-state index in [1.54, 1.807) is 0 Å². The second-order valence-electron chi connectivity index (χ2n) is 17.6. The first-order valence-corrected chi connectivity index (χ1v) is 23.0. The van der Waals surface area contributed by atoms with Crippen LogP contribution in [0.15, 0.2) is 188 Å². The Kier molecular flexibility index (Phi) is 12.1. The van der Waals surface area contributed by atoms with Gasteiger partial charge in [-0.2, -0.15) is 0 Å². The van der Waals surface area contributed by atoms with E-state index < -0.39 is 0 Å². The van der Waals surface area contributed by atoms with Crippen LogP contribution in [0, 0.1) is 6.92 Å². The number of nitrogens with zero attached hydrogens (tertiary/aromatic N) is 1. The van der Waals surface area contributed by atoms with Gasteiger partial charge >= 0.3 is 0 Å². The minimum atomic E-state index is -0.0193. The van der Waals surface area contributed by atoms with E-state index in [1.165, 1.54) is 133 Å². The molecule has 62 heavy (non-hydrogen) atoms. The molecule has 8 aromatic carbocycles. The molecule has 0 amide bonds. The molecule has 0 aromatic heterocycles. The Bertz CT molecular complexity index is 2690. The first kappa shape index (κ1) is 40.9. The lowest BCUT2D eigenvalue weighted by atomic mass is 9.67. The molecule has 1 nitrogen and oxygen atoms in total. The van der Waals surface area contributed by atoms with Gasteiger partial charge in [0.15, 0.2) is 0 Å². The third kappa shape index (κ3) is 8.55. The number of rotatable bonds is 15. The summed E-state index contributed by atoms with van der Waals surface area (Å²) in [6.07, 6.45) is 9.52. The highest BCUT2D eigenvalue weighted by atomic mass is 15.1. The quantitative estimate of drug-likeness (QED) is 0.0997. The van der Waals surface area contributed by atoms with Crippen molar-refractivity contribution in [2.24, 2.45) is 0 Å². The van der Waals surface area contributed by atoms with Crippen molar-refractivity contribution >= 4 is 11.4 Å². The zero-order valence-corrected chi connectivity index (χ0v) is 37.0. The van der Waals surface area contributed by atoms with E-state index in [9.17, 15) is 0 Å². The topological polar surface area (TPSA) is 3.24 Å². The molecule has 1 aliphatic rings. The van der Waals surface area contributed by atoms with Crippen molar-refractivity contribution in [2.45, 2.75) is 77.6 Å². The summed E-state index contributed by atoms with van der Waals surface area (Å²) in [6.45, 7) is 6.78. The largest absolute Gasteiger partial charge is 0.345 e. The van der Waals surface area contributed by atoms with Gasteiger partial charge in [-0.25, -0.2) is 0 Å². The van der Waals surface area contributed by atoms with E-state index in [1.807, 2.05) is 0 Å². The molecular formula is C61H59N. The van der Waals surface area contributed by atoms with E-state index in [0.29, 0.717) is 0 Å². The summed E-state index contributed by atoms with van der Waals surface area (Å²) in [7, 11) is 2.15. The van der Waals surface area contributed by atoms with Crippen LogP contribution >= 0.6 is 0 Å². The summed E-state index contributed by atoms with van der Waals surface area (Å²) in [5.74, 6) is 0. The Morgan fingerprint density at radius 3 is 1.02 bits per heavy atom. The molecule has 1 heteroatoms. The highest BCUT2D eigenvalue weighted by Gasteiger charge is 2.33. The third-order valence-electron chi connectivity index (χ3n) is 13.7. The molecule has 0 fully saturated rings. The predicted molar refractivity (Wildman–Crippen MR) is 267 cm³/mol. The van der Waals surface area contributed by atoms with Crippen molar-refractivity contribution in [2.75, 3.05) is 11.9 Å². The maximum absolute atomic E-state index is 2.42. The number of aryl methyl sites for hydroxylation is 3. The van der Waals surface area contributed by atoms with Gasteiger partial charge in [-0.1, -0.05) is 209 Å². The van der Waals surface area contributed by atoms with Crippen LogP contribution in [0.5, 0.6) is 0 Å². The molecule has 9 rings (SSSR count). The maximum Gasteiger partial charge on any atom is 0.0408 e. The summed E-state index contributed by atoms with van der Waals surface area (Å²) < 4.78 is 0. The Hall–Kier alpha value is -6.44. The van der Waals surface area contributed by atoms with Crippen LogP contribution < -0.4 is 4.90 Å². The lowest BCUT2D eigenvalue weighted by Crippen LogP contribution is -2.28. The van der Waals surface area contributed by atoms with E-state index in [2.05, 4.69) is 221 Å². The van der Waals surface area contributed by atoms with Crippen molar-refractivity contribution < 1.29 is 0 Å². The SMILES string of the molecule is CCCCC(CCCC)(c1ccc(-c2ccc(-c3ccc(C)cc3)cc2)cc1)c1ccc(-c2ccc(-c3ccc(N(C)c4ccc(-c5ccc6c(c5)CC6)cc4)cc3)cc2)cc1. The average molecular weight is 806 g/mol. The Balaban J connectivity index is 0.897. The van der Waals surface area contributed by atoms with Crippen molar-refractivity contribution in [1.29, 1.82) is 0 Å². The molecule has 0 saturated heterocycles. The summed E-state index contributed by atoms with van der Waals surface area (Å²) >= 11 is 0. The maximum atomic E-state index is 2.42. The molecule has 308 valence electrons. The van der Waals surface area contributed by atoms with Crippen molar-refractivity contribution in [3.05, 3.63) is 216 Å². The Labute approximate surface area is 370 Å². The summed E-state index contributed by atoms with van der Waals surface area (Å²) in [5, 5.41) is 0. The molecular weight excluding hydrogens is 747 g/mol. The zero-order chi connectivity index (χ0) is 42.5. The van der Waals surface area contributed by atoms with E-state index in [-0.39, 0.29) is 5.41 Å². The highest BCUT2D eigenvalue weighted by Crippen LogP contribution is 2.43. The number of hydrogen-bond donors (Lipinski definition) is 0. The molecule has 0 spiro atoms.